The van der Waals surface area contributed by atoms with Crippen LogP contribution in [-0.4, -0.2) is 38.2 Å². The summed E-state index contributed by atoms with van der Waals surface area (Å²) in [5.74, 6) is -1.20. The van der Waals surface area contributed by atoms with Gasteiger partial charge in [-0.2, -0.15) is 0 Å². The molecule has 2 unspecified atom stereocenters. The lowest BCUT2D eigenvalue weighted by Gasteiger charge is -2.14. The number of nitrogens with one attached hydrogen (secondary N) is 1. The summed E-state index contributed by atoms with van der Waals surface area (Å²) in [5.41, 5.74) is 6.43. The number of rotatable bonds is 3. The molecule has 0 spiro atoms. The van der Waals surface area contributed by atoms with Crippen LogP contribution >= 0.6 is 11.6 Å². The first kappa shape index (κ1) is 14.8. The van der Waals surface area contributed by atoms with Crippen LogP contribution in [0.3, 0.4) is 0 Å². The molecule has 0 aromatic heterocycles. The van der Waals surface area contributed by atoms with E-state index in [0.717, 1.165) is 0 Å². The number of benzene rings is 1. The molecule has 108 valence electrons. The topological polar surface area (TPSA) is 90.6 Å². The van der Waals surface area contributed by atoms with Crippen LogP contribution in [0, 0.1) is 5.92 Å². The molecule has 1 heterocycles. The minimum Gasteiger partial charge on any atom is -0.465 e. The molecule has 0 bridgehead atoms. The smallest absolute Gasteiger partial charge is 0.339 e. The predicted molar refractivity (Wildman–Crippen MR) is 73.7 cm³/mol. The van der Waals surface area contributed by atoms with Crippen molar-refractivity contribution in [1.82, 2.24) is 0 Å². The fourth-order valence-corrected chi connectivity index (χ4v) is 2.14. The van der Waals surface area contributed by atoms with E-state index in [1.165, 1.54) is 19.2 Å². The van der Waals surface area contributed by atoms with Crippen molar-refractivity contribution >= 4 is 29.2 Å². The van der Waals surface area contributed by atoms with Gasteiger partial charge in [0.2, 0.25) is 5.91 Å². The molecule has 0 aliphatic carbocycles. The third-order valence-electron chi connectivity index (χ3n) is 3.10. The lowest BCUT2D eigenvalue weighted by atomic mass is 10.0. The van der Waals surface area contributed by atoms with Gasteiger partial charge in [0.05, 0.1) is 36.8 Å². The molecule has 0 radical (unpaired) electrons. The summed E-state index contributed by atoms with van der Waals surface area (Å²) >= 11 is 5.90. The van der Waals surface area contributed by atoms with Crippen LogP contribution in [0.5, 0.6) is 0 Å². The zero-order chi connectivity index (χ0) is 14.7. The van der Waals surface area contributed by atoms with Crippen molar-refractivity contribution in [2.75, 3.05) is 25.6 Å². The van der Waals surface area contributed by atoms with Gasteiger partial charge in [0.15, 0.2) is 0 Å². The average Bonchev–Trinajstić information content (AvgIpc) is 2.86. The Hall–Kier alpha value is -1.63. The average molecular weight is 299 g/mol. The maximum atomic E-state index is 12.0. The molecule has 1 aliphatic rings. The molecule has 20 heavy (non-hydrogen) atoms. The van der Waals surface area contributed by atoms with E-state index in [2.05, 4.69) is 10.1 Å². The van der Waals surface area contributed by atoms with Gasteiger partial charge in [-0.3, -0.25) is 4.79 Å². The van der Waals surface area contributed by atoms with Gasteiger partial charge in [-0.25, -0.2) is 4.79 Å². The number of halogens is 1. The Bertz CT molecular complexity index is 535. The fourth-order valence-electron chi connectivity index (χ4n) is 1.95. The second kappa shape index (κ2) is 6.21. The second-order valence-electron chi connectivity index (χ2n) is 4.48. The van der Waals surface area contributed by atoms with E-state index in [-0.39, 0.29) is 22.5 Å². The first-order valence-electron chi connectivity index (χ1n) is 6.05. The minimum absolute atomic E-state index is 0.193. The number of anilines is 1. The summed E-state index contributed by atoms with van der Waals surface area (Å²) in [4.78, 5) is 23.6. The SMILES string of the molecule is COC(=O)c1cc(NC(=O)C2COCC2N)ccc1Cl. The Balaban J connectivity index is 2.13. The van der Waals surface area contributed by atoms with Gasteiger partial charge in [0, 0.05) is 11.7 Å². The highest BCUT2D eigenvalue weighted by Gasteiger charge is 2.31. The van der Waals surface area contributed by atoms with Crippen LogP contribution in [-0.2, 0) is 14.3 Å². The largest absolute Gasteiger partial charge is 0.465 e. The number of nitrogens with two attached hydrogens (primary N) is 1. The second-order valence-corrected chi connectivity index (χ2v) is 4.89. The van der Waals surface area contributed by atoms with Crippen LogP contribution in [0.1, 0.15) is 10.4 Å². The zero-order valence-corrected chi connectivity index (χ0v) is 11.6. The van der Waals surface area contributed by atoms with E-state index in [4.69, 9.17) is 22.1 Å². The molecule has 1 fully saturated rings. The normalized spacial score (nSPS) is 21.6. The predicted octanol–water partition coefficient (Wildman–Crippen LogP) is 1.04. The molecule has 1 aromatic rings. The Morgan fingerprint density at radius 1 is 1.45 bits per heavy atom. The van der Waals surface area contributed by atoms with Crippen LogP contribution < -0.4 is 11.1 Å². The van der Waals surface area contributed by atoms with Crippen molar-refractivity contribution in [2.45, 2.75) is 6.04 Å². The summed E-state index contributed by atoms with van der Waals surface area (Å²) in [5, 5.41) is 2.96. The van der Waals surface area contributed by atoms with Crippen molar-refractivity contribution in [3.05, 3.63) is 28.8 Å². The van der Waals surface area contributed by atoms with E-state index in [0.29, 0.717) is 18.9 Å². The number of carbonyl (C=O) groups is 2. The highest BCUT2D eigenvalue weighted by molar-refractivity contribution is 6.33. The maximum Gasteiger partial charge on any atom is 0.339 e. The first-order valence-corrected chi connectivity index (χ1v) is 6.42. The van der Waals surface area contributed by atoms with E-state index < -0.39 is 11.9 Å². The lowest BCUT2D eigenvalue weighted by Crippen LogP contribution is -2.37. The summed E-state index contributed by atoms with van der Waals surface area (Å²) in [6.07, 6.45) is 0. The summed E-state index contributed by atoms with van der Waals surface area (Å²) in [6.45, 7) is 0.663. The van der Waals surface area contributed by atoms with Gasteiger partial charge in [0.25, 0.3) is 0 Å². The molecule has 7 heteroatoms. The summed E-state index contributed by atoms with van der Waals surface area (Å²) < 4.78 is 9.76. The monoisotopic (exact) mass is 298 g/mol. The lowest BCUT2D eigenvalue weighted by molar-refractivity contribution is -0.120. The van der Waals surface area contributed by atoms with Gasteiger partial charge in [-0.1, -0.05) is 11.6 Å². The quantitative estimate of drug-likeness (QED) is 0.814. The highest BCUT2D eigenvalue weighted by Crippen LogP contribution is 2.22. The third-order valence-corrected chi connectivity index (χ3v) is 3.43. The van der Waals surface area contributed by atoms with Gasteiger partial charge < -0.3 is 20.5 Å². The first-order chi connectivity index (χ1) is 9.52. The molecule has 6 nitrogen and oxygen atoms in total. The molecule has 2 atom stereocenters. The van der Waals surface area contributed by atoms with Gasteiger partial charge >= 0.3 is 5.97 Å². The molecule has 1 amide bonds. The Labute approximate surface area is 121 Å². The van der Waals surface area contributed by atoms with Crippen LogP contribution in [0.2, 0.25) is 5.02 Å². The number of esters is 1. The minimum atomic E-state index is -0.563. The molecular formula is C13H15ClN2O4. The van der Waals surface area contributed by atoms with Crippen molar-refractivity contribution in [1.29, 1.82) is 0 Å². The number of hydrogen-bond donors (Lipinski definition) is 2. The van der Waals surface area contributed by atoms with E-state index in [1.54, 1.807) is 6.07 Å². The van der Waals surface area contributed by atoms with Gasteiger partial charge in [-0.15, -0.1) is 0 Å². The standard InChI is InChI=1S/C13H15ClN2O4/c1-19-13(18)8-4-7(2-3-10(8)14)16-12(17)9-5-20-6-11(9)15/h2-4,9,11H,5-6,15H2,1H3,(H,16,17). The Morgan fingerprint density at radius 2 is 2.20 bits per heavy atom. The number of methoxy groups -OCH3 is 1. The Kier molecular flexibility index (Phi) is 4.59. The van der Waals surface area contributed by atoms with Crippen molar-refractivity contribution in [2.24, 2.45) is 11.7 Å². The van der Waals surface area contributed by atoms with E-state index in [9.17, 15) is 9.59 Å². The number of amides is 1. The van der Waals surface area contributed by atoms with Crippen LogP contribution in [0.25, 0.3) is 0 Å². The molecule has 1 aromatic carbocycles. The summed E-state index contributed by atoms with van der Waals surface area (Å²) in [6, 6.07) is 4.28. The molecular weight excluding hydrogens is 284 g/mol. The highest BCUT2D eigenvalue weighted by atomic mass is 35.5. The van der Waals surface area contributed by atoms with Crippen LogP contribution in [0.15, 0.2) is 18.2 Å². The number of ether oxygens (including phenoxy) is 2. The number of hydrogen-bond acceptors (Lipinski definition) is 5. The van der Waals surface area contributed by atoms with E-state index >= 15 is 0 Å². The van der Waals surface area contributed by atoms with Gasteiger partial charge in [0.1, 0.15) is 0 Å². The van der Waals surface area contributed by atoms with Crippen molar-refractivity contribution in [3.63, 3.8) is 0 Å². The van der Waals surface area contributed by atoms with Crippen LogP contribution in [0.4, 0.5) is 5.69 Å². The van der Waals surface area contributed by atoms with E-state index in [1.807, 2.05) is 0 Å². The maximum absolute atomic E-state index is 12.0. The molecule has 1 saturated heterocycles. The zero-order valence-electron chi connectivity index (χ0n) is 10.9. The van der Waals surface area contributed by atoms with Crippen molar-refractivity contribution < 1.29 is 19.1 Å². The Morgan fingerprint density at radius 3 is 2.80 bits per heavy atom. The fraction of sp³-hybridized carbons (Fsp3) is 0.385. The molecule has 2 rings (SSSR count). The molecule has 0 saturated carbocycles. The summed E-state index contributed by atoms with van der Waals surface area (Å²) in [7, 11) is 1.26. The van der Waals surface area contributed by atoms with Crippen molar-refractivity contribution in [3.8, 4) is 0 Å². The number of carbonyl (C=O) groups excluding carboxylic acids is 2. The molecule has 3 N–H and O–H groups in total. The third kappa shape index (κ3) is 3.09. The van der Waals surface area contributed by atoms with Gasteiger partial charge in [-0.05, 0) is 18.2 Å². The molecule has 1 aliphatic heterocycles.